The number of nitrogens with zero attached hydrogens (tertiary/aromatic N) is 2. The van der Waals surface area contributed by atoms with Crippen molar-refractivity contribution in [3.63, 3.8) is 0 Å². The van der Waals surface area contributed by atoms with E-state index in [4.69, 9.17) is 11.6 Å². The summed E-state index contributed by atoms with van der Waals surface area (Å²) in [7, 11) is 1.65. The highest BCUT2D eigenvalue weighted by molar-refractivity contribution is 7.23. The fourth-order valence-electron chi connectivity index (χ4n) is 2.63. The minimum atomic E-state index is -0.0643. The van der Waals surface area contributed by atoms with Crippen LogP contribution in [0.15, 0.2) is 17.5 Å². The topological polar surface area (TPSA) is 62.3 Å². The Hall–Kier alpha value is -1.44. The van der Waals surface area contributed by atoms with Gasteiger partial charge in [0.15, 0.2) is 0 Å². The van der Waals surface area contributed by atoms with Crippen LogP contribution >= 0.6 is 34.3 Å². The molecule has 23 heavy (non-hydrogen) atoms. The summed E-state index contributed by atoms with van der Waals surface area (Å²) in [6, 6.07) is 3.74. The van der Waals surface area contributed by atoms with Crippen molar-refractivity contribution in [3.05, 3.63) is 27.5 Å². The molecule has 2 amide bonds. The number of halogens is 1. The third-order valence-electron chi connectivity index (χ3n) is 3.91. The number of likely N-dealkylation sites (tertiary alicyclic amines) is 1. The molecule has 0 bridgehead atoms. The fraction of sp³-hybridized carbons (Fsp3) is 0.400. The normalized spacial score (nSPS) is 15.7. The van der Waals surface area contributed by atoms with Crippen molar-refractivity contribution in [2.45, 2.75) is 12.8 Å². The maximum atomic E-state index is 12.5. The molecule has 0 aromatic carbocycles. The smallest absolute Gasteiger partial charge is 0.273 e. The number of hydrogen-bond donors (Lipinski definition) is 1. The average Bonchev–Trinajstić information content (AvgIpc) is 3.22. The average molecular weight is 370 g/mol. The van der Waals surface area contributed by atoms with Gasteiger partial charge >= 0.3 is 0 Å². The van der Waals surface area contributed by atoms with Crippen LogP contribution in [0.1, 0.15) is 23.3 Å². The van der Waals surface area contributed by atoms with E-state index in [0.29, 0.717) is 36.0 Å². The second-order valence-electron chi connectivity index (χ2n) is 5.32. The maximum Gasteiger partial charge on any atom is 0.273 e. The van der Waals surface area contributed by atoms with E-state index in [9.17, 15) is 9.59 Å². The molecule has 0 aliphatic carbocycles. The van der Waals surface area contributed by atoms with Crippen molar-refractivity contribution < 1.29 is 9.59 Å². The van der Waals surface area contributed by atoms with Gasteiger partial charge in [-0.2, -0.15) is 0 Å². The first-order chi connectivity index (χ1) is 11.1. The Morgan fingerprint density at radius 2 is 2.09 bits per heavy atom. The molecule has 3 heterocycles. The van der Waals surface area contributed by atoms with Crippen molar-refractivity contribution in [1.29, 1.82) is 0 Å². The molecule has 1 fully saturated rings. The highest BCUT2D eigenvalue weighted by Crippen LogP contribution is 2.33. The fourth-order valence-corrected chi connectivity index (χ4v) is 4.53. The summed E-state index contributed by atoms with van der Waals surface area (Å²) in [5.74, 6) is -0.00330. The summed E-state index contributed by atoms with van der Waals surface area (Å²) < 4.78 is 0.708. The number of thiophene rings is 1. The number of carbonyl (C=O) groups excluding carboxylic acids is 2. The Labute approximate surface area is 147 Å². The largest absolute Gasteiger partial charge is 0.359 e. The summed E-state index contributed by atoms with van der Waals surface area (Å²) in [5, 5.41) is 5.27. The van der Waals surface area contributed by atoms with Gasteiger partial charge in [0.1, 0.15) is 10.7 Å². The zero-order valence-corrected chi connectivity index (χ0v) is 14.9. The van der Waals surface area contributed by atoms with E-state index >= 15 is 0 Å². The number of piperidine rings is 1. The zero-order chi connectivity index (χ0) is 16.4. The molecule has 3 rings (SSSR count). The standard InChI is InChI=1S/C15H16ClN3O2S2/c1-17-13(20)9-4-6-19(7-5-9)15(21)10-8-22-14(18-10)11-2-3-12(16)23-11/h2-3,8-9H,4-7H2,1H3,(H,17,20). The van der Waals surface area contributed by atoms with Crippen LogP contribution in [0.3, 0.4) is 0 Å². The summed E-state index contributed by atoms with van der Waals surface area (Å²) in [6.07, 6.45) is 1.39. The lowest BCUT2D eigenvalue weighted by molar-refractivity contribution is -0.125. The van der Waals surface area contributed by atoms with Gasteiger partial charge in [0.05, 0.1) is 9.21 Å². The van der Waals surface area contributed by atoms with E-state index in [1.165, 1.54) is 22.7 Å². The Morgan fingerprint density at radius 3 is 2.70 bits per heavy atom. The SMILES string of the molecule is CNC(=O)C1CCN(C(=O)c2csc(-c3ccc(Cl)s3)n2)CC1. The van der Waals surface area contributed by atoms with Crippen LogP contribution in [0.25, 0.3) is 9.88 Å². The molecular weight excluding hydrogens is 354 g/mol. The van der Waals surface area contributed by atoms with E-state index in [0.717, 1.165) is 9.88 Å². The van der Waals surface area contributed by atoms with Gasteiger partial charge in [0.2, 0.25) is 5.91 Å². The molecule has 8 heteroatoms. The van der Waals surface area contributed by atoms with Crippen LogP contribution in [0.5, 0.6) is 0 Å². The number of nitrogens with one attached hydrogen (secondary N) is 1. The van der Waals surface area contributed by atoms with Crippen molar-refractivity contribution in [3.8, 4) is 9.88 Å². The van der Waals surface area contributed by atoms with E-state index in [1.54, 1.807) is 17.3 Å². The van der Waals surface area contributed by atoms with E-state index in [1.807, 2.05) is 12.1 Å². The van der Waals surface area contributed by atoms with Gasteiger partial charge in [-0.25, -0.2) is 4.98 Å². The third kappa shape index (κ3) is 3.57. The van der Waals surface area contributed by atoms with Crippen LogP contribution in [-0.2, 0) is 4.79 Å². The summed E-state index contributed by atoms with van der Waals surface area (Å²) >= 11 is 8.84. The summed E-state index contributed by atoms with van der Waals surface area (Å²) in [6.45, 7) is 1.18. The molecular formula is C15H16ClN3O2S2. The molecule has 1 N–H and O–H groups in total. The second-order valence-corrected chi connectivity index (χ2v) is 7.90. The minimum absolute atomic E-state index is 0.00306. The first kappa shape index (κ1) is 16.4. The van der Waals surface area contributed by atoms with Gasteiger partial charge < -0.3 is 10.2 Å². The molecule has 1 aliphatic rings. The molecule has 1 aliphatic heterocycles. The van der Waals surface area contributed by atoms with Gasteiger partial charge in [0.25, 0.3) is 5.91 Å². The molecule has 5 nitrogen and oxygen atoms in total. The third-order valence-corrected chi connectivity index (χ3v) is 6.15. The van der Waals surface area contributed by atoms with Crippen LogP contribution in [0.2, 0.25) is 4.34 Å². The molecule has 2 aromatic heterocycles. The number of amides is 2. The predicted molar refractivity (Wildman–Crippen MR) is 93.1 cm³/mol. The Morgan fingerprint density at radius 1 is 1.35 bits per heavy atom. The predicted octanol–water partition coefficient (Wildman–Crippen LogP) is 3.12. The highest BCUT2D eigenvalue weighted by Gasteiger charge is 2.28. The van der Waals surface area contributed by atoms with Crippen LogP contribution < -0.4 is 5.32 Å². The van der Waals surface area contributed by atoms with E-state index < -0.39 is 0 Å². The van der Waals surface area contributed by atoms with Crippen molar-refractivity contribution in [2.75, 3.05) is 20.1 Å². The molecule has 0 atom stereocenters. The van der Waals surface area contributed by atoms with Crippen molar-refractivity contribution in [1.82, 2.24) is 15.2 Å². The molecule has 0 spiro atoms. The van der Waals surface area contributed by atoms with Gasteiger partial charge in [0, 0.05) is 31.4 Å². The minimum Gasteiger partial charge on any atom is -0.359 e. The molecule has 0 radical (unpaired) electrons. The Balaban J connectivity index is 1.65. The van der Waals surface area contributed by atoms with Gasteiger partial charge in [-0.1, -0.05) is 11.6 Å². The van der Waals surface area contributed by atoms with Gasteiger partial charge in [-0.15, -0.1) is 22.7 Å². The van der Waals surface area contributed by atoms with Crippen molar-refractivity contribution in [2.24, 2.45) is 5.92 Å². The number of hydrogen-bond acceptors (Lipinski definition) is 5. The molecule has 2 aromatic rings. The van der Waals surface area contributed by atoms with E-state index in [-0.39, 0.29) is 17.7 Å². The van der Waals surface area contributed by atoms with Gasteiger partial charge in [-0.3, -0.25) is 9.59 Å². The van der Waals surface area contributed by atoms with Crippen molar-refractivity contribution >= 4 is 46.1 Å². The first-order valence-corrected chi connectivity index (χ1v) is 9.38. The Kier molecular flexibility index (Phi) is 4.99. The summed E-state index contributed by atoms with van der Waals surface area (Å²) in [4.78, 5) is 31.4. The lowest BCUT2D eigenvalue weighted by Gasteiger charge is -2.30. The Bertz CT molecular complexity index is 720. The molecule has 0 saturated carbocycles. The number of carbonyl (C=O) groups is 2. The molecule has 1 saturated heterocycles. The van der Waals surface area contributed by atoms with Crippen LogP contribution in [-0.4, -0.2) is 41.8 Å². The zero-order valence-electron chi connectivity index (χ0n) is 12.5. The molecule has 122 valence electrons. The lowest BCUT2D eigenvalue weighted by Crippen LogP contribution is -2.42. The quantitative estimate of drug-likeness (QED) is 0.904. The second kappa shape index (κ2) is 6.98. The van der Waals surface area contributed by atoms with Gasteiger partial charge in [-0.05, 0) is 25.0 Å². The van der Waals surface area contributed by atoms with E-state index in [2.05, 4.69) is 10.3 Å². The highest BCUT2D eigenvalue weighted by atomic mass is 35.5. The lowest BCUT2D eigenvalue weighted by atomic mass is 9.96. The number of rotatable bonds is 3. The summed E-state index contributed by atoms with van der Waals surface area (Å²) in [5.41, 5.74) is 0.466. The monoisotopic (exact) mass is 369 g/mol. The maximum absolute atomic E-state index is 12.5. The number of thiazole rings is 1. The van der Waals surface area contributed by atoms with Crippen LogP contribution in [0, 0.1) is 5.92 Å². The number of aromatic nitrogens is 1. The van der Waals surface area contributed by atoms with Crippen LogP contribution in [0.4, 0.5) is 0 Å². The molecule has 0 unspecified atom stereocenters. The first-order valence-electron chi connectivity index (χ1n) is 7.30.